The Hall–Kier alpha value is -1.83. The average molecular weight is 370 g/mol. The lowest BCUT2D eigenvalue weighted by Crippen LogP contribution is -2.52. The Bertz CT molecular complexity index is 686. The van der Waals surface area contributed by atoms with Crippen LogP contribution in [0, 0.1) is 5.82 Å². The zero-order valence-electron chi connectivity index (χ0n) is 14.9. The standard InChI is InChI=1S/C17H27FN4O2S/c1-3-19-17(20-9-14-25(23,24)4-2)22-12-10-21(11-13-22)16-8-6-5-7-15(16)18/h5-8H,3-4,9-14H2,1-2H3,(H,19,20). The van der Waals surface area contributed by atoms with Gasteiger partial charge in [-0.15, -0.1) is 0 Å². The summed E-state index contributed by atoms with van der Waals surface area (Å²) < 4.78 is 37.1. The van der Waals surface area contributed by atoms with Gasteiger partial charge in [-0.2, -0.15) is 0 Å². The molecule has 1 aliphatic rings. The molecule has 0 unspecified atom stereocenters. The zero-order chi connectivity index (χ0) is 18.3. The molecule has 2 rings (SSSR count). The number of nitrogens with one attached hydrogen (secondary N) is 1. The van der Waals surface area contributed by atoms with Gasteiger partial charge in [0.25, 0.3) is 0 Å². The zero-order valence-corrected chi connectivity index (χ0v) is 15.7. The molecule has 8 heteroatoms. The highest BCUT2D eigenvalue weighted by Gasteiger charge is 2.21. The first-order valence-corrected chi connectivity index (χ1v) is 10.5. The molecule has 140 valence electrons. The van der Waals surface area contributed by atoms with Crippen LogP contribution in [0.5, 0.6) is 0 Å². The second kappa shape index (κ2) is 9.03. The van der Waals surface area contributed by atoms with Crippen LogP contribution in [-0.4, -0.2) is 70.1 Å². The van der Waals surface area contributed by atoms with Crippen LogP contribution in [0.1, 0.15) is 13.8 Å². The van der Waals surface area contributed by atoms with Crippen molar-refractivity contribution in [3.05, 3.63) is 30.1 Å². The maximum Gasteiger partial charge on any atom is 0.194 e. The lowest BCUT2D eigenvalue weighted by Gasteiger charge is -2.37. The Balaban J connectivity index is 1.96. The molecule has 1 heterocycles. The van der Waals surface area contributed by atoms with E-state index < -0.39 is 9.84 Å². The van der Waals surface area contributed by atoms with Crippen LogP contribution in [0.3, 0.4) is 0 Å². The molecular weight excluding hydrogens is 343 g/mol. The number of rotatable bonds is 6. The maximum atomic E-state index is 13.9. The summed E-state index contributed by atoms with van der Waals surface area (Å²) in [7, 11) is -3.01. The lowest BCUT2D eigenvalue weighted by molar-refractivity contribution is 0.371. The van der Waals surface area contributed by atoms with E-state index in [1.165, 1.54) is 6.07 Å². The van der Waals surface area contributed by atoms with Crippen LogP contribution in [0.2, 0.25) is 0 Å². The highest BCUT2D eigenvalue weighted by atomic mass is 32.2. The van der Waals surface area contributed by atoms with E-state index in [-0.39, 0.29) is 23.9 Å². The number of hydrogen-bond acceptors (Lipinski definition) is 4. The predicted molar refractivity (Wildman–Crippen MR) is 100 cm³/mol. The third-order valence-corrected chi connectivity index (χ3v) is 5.90. The molecule has 0 saturated carbocycles. The molecule has 1 N–H and O–H groups in total. The van der Waals surface area contributed by atoms with E-state index in [4.69, 9.17) is 0 Å². The molecule has 0 amide bonds. The van der Waals surface area contributed by atoms with Crippen LogP contribution >= 0.6 is 0 Å². The molecule has 0 atom stereocenters. The molecule has 1 aromatic carbocycles. The third-order valence-electron chi connectivity index (χ3n) is 4.21. The van der Waals surface area contributed by atoms with Crippen molar-refractivity contribution in [2.75, 3.05) is 55.7 Å². The fourth-order valence-corrected chi connectivity index (χ4v) is 3.39. The van der Waals surface area contributed by atoms with Gasteiger partial charge in [0.2, 0.25) is 0 Å². The monoisotopic (exact) mass is 370 g/mol. The number of nitrogens with zero attached hydrogens (tertiary/aromatic N) is 3. The first-order valence-electron chi connectivity index (χ1n) is 8.70. The number of halogens is 1. The first kappa shape index (κ1) is 19.5. The Labute approximate surface area is 149 Å². The largest absolute Gasteiger partial charge is 0.366 e. The summed E-state index contributed by atoms with van der Waals surface area (Å²) in [6.45, 7) is 7.40. The molecule has 0 aliphatic carbocycles. The van der Waals surface area contributed by atoms with E-state index >= 15 is 0 Å². The SMILES string of the molecule is CCNC(=NCCS(=O)(=O)CC)N1CCN(c2ccccc2F)CC1. The summed E-state index contributed by atoms with van der Waals surface area (Å²) in [4.78, 5) is 8.57. The number of benzene rings is 1. The molecule has 0 aromatic heterocycles. The van der Waals surface area contributed by atoms with E-state index in [0.29, 0.717) is 38.4 Å². The van der Waals surface area contributed by atoms with Crippen molar-refractivity contribution < 1.29 is 12.8 Å². The molecule has 0 radical (unpaired) electrons. The minimum absolute atomic E-state index is 0.0631. The Morgan fingerprint density at radius 2 is 1.88 bits per heavy atom. The van der Waals surface area contributed by atoms with Gasteiger partial charge in [-0.3, -0.25) is 4.99 Å². The van der Waals surface area contributed by atoms with Crippen molar-refractivity contribution in [3.8, 4) is 0 Å². The topological polar surface area (TPSA) is 65.0 Å². The Morgan fingerprint density at radius 1 is 1.20 bits per heavy atom. The summed E-state index contributed by atoms with van der Waals surface area (Å²) in [6, 6.07) is 6.79. The van der Waals surface area contributed by atoms with Gasteiger partial charge >= 0.3 is 0 Å². The smallest absolute Gasteiger partial charge is 0.194 e. The summed E-state index contributed by atoms with van der Waals surface area (Å²) in [6.07, 6.45) is 0. The summed E-state index contributed by atoms with van der Waals surface area (Å²) in [5, 5.41) is 3.21. The molecule has 25 heavy (non-hydrogen) atoms. The van der Waals surface area contributed by atoms with Gasteiger partial charge in [-0.05, 0) is 19.1 Å². The van der Waals surface area contributed by atoms with Crippen LogP contribution < -0.4 is 10.2 Å². The summed E-state index contributed by atoms with van der Waals surface area (Å²) in [5.74, 6) is 0.719. The average Bonchev–Trinajstić information content (AvgIpc) is 2.62. The van der Waals surface area contributed by atoms with E-state index in [1.54, 1.807) is 19.1 Å². The molecule has 1 fully saturated rings. The molecule has 1 aliphatic heterocycles. The Morgan fingerprint density at radius 3 is 2.48 bits per heavy atom. The highest BCUT2D eigenvalue weighted by molar-refractivity contribution is 7.91. The summed E-state index contributed by atoms with van der Waals surface area (Å²) >= 11 is 0. The number of hydrogen-bond donors (Lipinski definition) is 1. The van der Waals surface area contributed by atoms with E-state index in [0.717, 1.165) is 5.96 Å². The van der Waals surface area contributed by atoms with Crippen molar-refractivity contribution in [1.29, 1.82) is 0 Å². The maximum absolute atomic E-state index is 13.9. The van der Waals surface area contributed by atoms with Gasteiger partial charge in [0.1, 0.15) is 5.82 Å². The van der Waals surface area contributed by atoms with Crippen LogP contribution in [0.15, 0.2) is 29.3 Å². The highest BCUT2D eigenvalue weighted by Crippen LogP contribution is 2.20. The van der Waals surface area contributed by atoms with Gasteiger partial charge in [0.05, 0.1) is 18.0 Å². The number of para-hydroxylation sites is 1. The van der Waals surface area contributed by atoms with E-state index in [1.807, 2.05) is 17.9 Å². The van der Waals surface area contributed by atoms with E-state index in [2.05, 4.69) is 15.2 Å². The molecule has 1 saturated heterocycles. The lowest BCUT2D eigenvalue weighted by atomic mass is 10.2. The second-order valence-corrected chi connectivity index (χ2v) is 8.37. The van der Waals surface area contributed by atoms with Crippen LogP contribution in [-0.2, 0) is 9.84 Å². The van der Waals surface area contributed by atoms with Crippen molar-refractivity contribution in [1.82, 2.24) is 10.2 Å². The fourth-order valence-electron chi connectivity index (χ4n) is 2.73. The fraction of sp³-hybridized carbons (Fsp3) is 0.588. The predicted octanol–water partition coefficient (Wildman–Crippen LogP) is 1.35. The van der Waals surface area contributed by atoms with Crippen molar-refractivity contribution >= 4 is 21.5 Å². The quantitative estimate of drug-likeness (QED) is 0.605. The van der Waals surface area contributed by atoms with Gasteiger partial charge in [-0.1, -0.05) is 19.1 Å². The minimum atomic E-state index is -3.01. The van der Waals surface area contributed by atoms with Crippen molar-refractivity contribution in [3.63, 3.8) is 0 Å². The third kappa shape index (κ3) is 5.59. The second-order valence-electron chi connectivity index (χ2n) is 5.90. The van der Waals surface area contributed by atoms with Crippen LogP contribution in [0.4, 0.5) is 10.1 Å². The summed E-state index contributed by atoms with van der Waals surface area (Å²) in [5.41, 5.74) is 0.623. The number of aliphatic imine (C=N–C) groups is 1. The van der Waals surface area contributed by atoms with Crippen LogP contribution in [0.25, 0.3) is 0 Å². The van der Waals surface area contributed by atoms with Gasteiger partial charge in [0, 0.05) is 38.5 Å². The number of guanidine groups is 1. The molecule has 1 aromatic rings. The normalized spacial score (nSPS) is 16.2. The number of piperazine rings is 1. The minimum Gasteiger partial charge on any atom is -0.366 e. The molecule has 6 nitrogen and oxygen atoms in total. The molecule has 0 spiro atoms. The first-order chi connectivity index (χ1) is 12.0. The number of sulfone groups is 1. The van der Waals surface area contributed by atoms with Gasteiger partial charge < -0.3 is 15.1 Å². The van der Waals surface area contributed by atoms with Crippen molar-refractivity contribution in [2.24, 2.45) is 4.99 Å². The van der Waals surface area contributed by atoms with Crippen molar-refractivity contribution in [2.45, 2.75) is 13.8 Å². The van der Waals surface area contributed by atoms with E-state index in [9.17, 15) is 12.8 Å². The van der Waals surface area contributed by atoms with Gasteiger partial charge in [0.15, 0.2) is 15.8 Å². The number of anilines is 1. The Kier molecular flexibility index (Phi) is 7.04. The molecular formula is C17H27FN4O2S. The van der Waals surface area contributed by atoms with Gasteiger partial charge in [-0.25, -0.2) is 12.8 Å². The molecule has 0 bridgehead atoms.